The Hall–Kier alpha value is -1.00. The van der Waals surface area contributed by atoms with Crippen LogP contribution >= 0.6 is 0 Å². The molecule has 3 heterocycles. The monoisotopic (exact) mass is 232 g/mol. The van der Waals surface area contributed by atoms with Gasteiger partial charge < -0.3 is 5.32 Å². The van der Waals surface area contributed by atoms with Crippen LogP contribution in [0.5, 0.6) is 0 Å². The molecule has 2 saturated heterocycles. The van der Waals surface area contributed by atoms with E-state index in [1.807, 2.05) is 6.20 Å². The largest absolute Gasteiger partial charge is 0.304 e. The normalized spacial score (nSPS) is 30.4. The van der Waals surface area contributed by atoms with Crippen molar-refractivity contribution in [3.63, 3.8) is 0 Å². The fourth-order valence-electron chi connectivity index (χ4n) is 3.22. The second-order valence-corrected chi connectivity index (χ2v) is 5.16. The molecule has 2 aliphatic heterocycles. The summed E-state index contributed by atoms with van der Waals surface area (Å²) in [5.74, 6) is 0. The maximum Gasteiger partial charge on any atom is 0.0753 e. The molecular formula is C13H20N4. The first kappa shape index (κ1) is 11.1. The summed E-state index contributed by atoms with van der Waals surface area (Å²) in [4.78, 5) is 11.1. The predicted molar refractivity (Wildman–Crippen MR) is 66.6 cm³/mol. The van der Waals surface area contributed by atoms with E-state index < -0.39 is 0 Å². The summed E-state index contributed by atoms with van der Waals surface area (Å²) >= 11 is 0. The highest BCUT2D eigenvalue weighted by Gasteiger charge is 2.37. The van der Waals surface area contributed by atoms with E-state index in [0.717, 1.165) is 11.7 Å². The maximum atomic E-state index is 4.37. The van der Waals surface area contributed by atoms with Gasteiger partial charge in [0.2, 0.25) is 0 Å². The molecule has 0 bridgehead atoms. The van der Waals surface area contributed by atoms with Crippen molar-refractivity contribution in [2.24, 2.45) is 0 Å². The Bertz CT molecular complexity index is 367. The summed E-state index contributed by atoms with van der Waals surface area (Å²) in [7, 11) is 0. The minimum atomic E-state index is 0.300. The van der Waals surface area contributed by atoms with Crippen molar-refractivity contribution in [1.82, 2.24) is 20.2 Å². The zero-order valence-electron chi connectivity index (χ0n) is 10.3. The molecule has 2 fully saturated rings. The van der Waals surface area contributed by atoms with Crippen LogP contribution < -0.4 is 5.32 Å². The lowest BCUT2D eigenvalue weighted by Gasteiger charge is -2.24. The number of rotatable bonds is 3. The van der Waals surface area contributed by atoms with E-state index >= 15 is 0 Å². The molecule has 4 heteroatoms. The van der Waals surface area contributed by atoms with Gasteiger partial charge in [-0.1, -0.05) is 0 Å². The Morgan fingerprint density at radius 2 is 2.29 bits per heavy atom. The van der Waals surface area contributed by atoms with E-state index in [4.69, 9.17) is 0 Å². The topological polar surface area (TPSA) is 41.0 Å². The van der Waals surface area contributed by atoms with Crippen LogP contribution in [0, 0.1) is 0 Å². The summed E-state index contributed by atoms with van der Waals surface area (Å²) in [6, 6.07) is 1.69. The first-order valence-electron chi connectivity index (χ1n) is 6.60. The van der Waals surface area contributed by atoms with Gasteiger partial charge in [-0.15, -0.1) is 0 Å². The number of hydrogen-bond acceptors (Lipinski definition) is 4. The molecule has 0 radical (unpaired) electrons. The molecule has 0 saturated carbocycles. The summed E-state index contributed by atoms with van der Waals surface area (Å²) in [5, 5.41) is 3.72. The van der Waals surface area contributed by atoms with Crippen molar-refractivity contribution in [3.8, 4) is 0 Å². The molecule has 2 aliphatic rings. The van der Waals surface area contributed by atoms with Crippen molar-refractivity contribution in [2.75, 3.05) is 13.1 Å². The Morgan fingerprint density at radius 3 is 3.12 bits per heavy atom. The zero-order chi connectivity index (χ0) is 11.7. The molecule has 3 unspecified atom stereocenters. The first-order valence-corrected chi connectivity index (χ1v) is 6.60. The fraction of sp³-hybridized carbons (Fsp3) is 0.692. The Balaban J connectivity index is 1.64. The smallest absolute Gasteiger partial charge is 0.0753 e. The lowest BCUT2D eigenvalue weighted by molar-refractivity contribution is 0.290. The molecule has 0 amide bonds. The molecule has 1 aromatic heterocycles. The van der Waals surface area contributed by atoms with Crippen LogP contribution in [-0.2, 0) is 0 Å². The van der Waals surface area contributed by atoms with Crippen LogP contribution in [0.15, 0.2) is 18.6 Å². The minimum absolute atomic E-state index is 0.300. The number of aromatic nitrogens is 2. The summed E-state index contributed by atoms with van der Waals surface area (Å²) < 4.78 is 0. The molecule has 1 N–H and O–H groups in total. The van der Waals surface area contributed by atoms with Gasteiger partial charge in [-0.3, -0.25) is 14.9 Å². The van der Waals surface area contributed by atoms with Crippen LogP contribution in [0.25, 0.3) is 0 Å². The third-order valence-electron chi connectivity index (χ3n) is 4.10. The fourth-order valence-corrected chi connectivity index (χ4v) is 3.22. The van der Waals surface area contributed by atoms with Gasteiger partial charge >= 0.3 is 0 Å². The Morgan fingerprint density at radius 1 is 1.35 bits per heavy atom. The highest BCUT2D eigenvalue weighted by atomic mass is 15.2. The van der Waals surface area contributed by atoms with Gasteiger partial charge in [0.05, 0.1) is 5.69 Å². The summed E-state index contributed by atoms with van der Waals surface area (Å²) in [6.45, 7) is 4.74. The first-order chi connectivity index (χ1) is 8.34. The Kier molecular flexibility index (Phi) is 3.07. The van der Waals surface area contributed by atoms with Gasteiger partial charge in [0, 0.05) is 43.3 Å². The molecule has 0 spiro atoms. The van der Waals surface area contributed by atoms with Gasteiger partial charge in [0.25, 0.3) is 0 Å². The van der Waals surface area contributed by atoms with E-state index in [2.05, 4.69) is 27.1 Å². The van der Waals surface area contributed by atoms with E-state index in [-0.39, 0.29) is 0 Å². The Labute approximate surface area is 102 Å². The van der Waals surface area contributed by atoms with Crippen molar-refractivity contribution >= 4 is 0 Å². The van der Waals surface area contributed by atoms with E-state index in [1.165, 1.54) is 32.4 Å². The second-order valence-electron chi connectivity index (χ2n) is 5.16. The highest BCUT2D eigenvalue weighted by Crippen LogP contribution is 2.29. The van der Waals surface area contributed by atoms with Crippen molar-refractivity contribution < 1.29 is 0 Å². The third-order valence-corrected chi connectivity index (χ3v) is 4.10. The molecule has 4 nitrogen and oxygen atoms in total. The molecule has 0 aliphatic carbocycles. The van der Waals surface area contributed by atoms with Crippen molar-refractivity contribution in [1.29, 1.82) is 0 Å². The van der Waals surface area contributed by atoms with Gasteiger partial charge in [-0.05, 0) is 32.7 Å². The lowest BCUT2D eigenvalue weighted by Crippen LogP contribution is -2.40. The van der Waals surface area contributed by atoms with Crippen LogP contribution in [0.4, 0.5) is 0 Å². The number of nitrogens with one attached hydrogen (secondary N) is 1. The van der Waals surface area contributed by atoms with Crippen LogP contribution in [-0.4, -0.2) is 40.0 Å². The summed E-state index contributed by atoms with van der Waals surface area (Å²) in [5.41, 5.74) is 1.05. The molecule has 0 aromatic carbocycles. The molecule has 1 aromatic rings. The van der Waals surface area contributed by atoms with E-state index in [0.29, 0.717) is 12.1 Å². The van der Waals surface area contributed by atoms with Crippen LogP contribution in [0.3, 0.4) is 0 Å². The lowest BCUT2D eigenvalue weighted by atomic mass is 10.1. The van der Waals surface area contributed by atoms with Crippen LogP contribution in [0.1, 0.15) is 37.9 Å². The average Bonchev–Trinajstić information content (AvgIpc) is 2.95. The van der Waals surface area contributed by atoms with E-state index in [1.54, 1.807) is 12.4 Å². The number of fused-ring (bicyclic) bond motifs is 1. The molecule has 17 heavy (non-hydrogen) atoms. The van der Waals surface area contributed by atoms with Crippen molar-refractivity contribution in [2.45, 2.75) is 44.3 Å². The highest BCUT2D eigenvalue weighted by molar-refractivity contribution is 5.04. The molecule has 3 rings (SSSR count). The van der Waals surface area contributed by atoms with Gasteiger partial charge in [0.1, 0.15) is 0 Å². The maximum absolute atomic E-state index is 4.37. The van der Waals surface area contributed by atoms with Gasteiger partial charge in [0.15, 0.2) is 0 Å². The third kappa shape index (κ3) is 2.19. The standard InChI is InChI=1S/C13H20N4/c1-10(12-9-14-5-6-15-12)16-11-4-8-17-7-2-3-13(11)17/h5-6,9-11,13,16H,2-4,7-8H2,1H3. The quantitative estimate of drug-likeness (QED) is 0.854. The van der Waals surface area contributed by atoms with E-state index in [9.17, 15) is 0 Å². The predicted octanol–water partition coefficient (Wildman–Crippen LogP) is 1.36. The summed E-state index contributed by atoms with van der Waals surface area (Å²) in [6.07, 6.45) is 9.34. The second kappa shape index (κ2) is 4.70. The van der Waals surface area contributed by atoms with Gasteiger partial charge in [-0.2, -0.15) is 0 Å². The SMILES string of the molecule is CC(NC1CCN2CCCC12)c1cnccn1. The number of hydrogen-bond donors (Lipinski definition) is 1. The van der Waals surface area contributed by atoms with Crippen molar-refractivity contribution in [3.05, 3.63) is 24.3 Å². The minimum Gasteiger partial charge on any atom is -0.304 e. The molecule has 3 atom stereocenters. The zero-order valence-corrected chi connectivity index (χ0v) is 10.3. The number of nitrogens with zero attached hydrogens (tertiary/aromatic N) is 3. The average molecular weight is 232 g/mol. The molecular weight excluding hydrogens is 212 g/mol. The molecule has 92 valence electrons. The van der Waals surface area contributed by atoms with Crippen LogP contribution in [0.2, 0.25) is 0 Å². The van der Waals surface area contributed by atoms with Gasteiger partial charge in [-0.25, -0.2) is 0 Å².